The minimum Gasteiger partial charge on any atom is -0.491 e. The molecule has 0 aromatic carbocycles. The molecule has 15 heavy (non-hydrogen) atoms. The molecule has 1 aliphatic carbocycles. The normalized spacial score (nSPS) is 38.2. The highest BCUT2D eigenvalue weighted by Gasteiger charge is 2.63. The predicted molar refractivity (Wildman–Crippen MR) is 56.2 cm³/mol. The van der Waals surface area contributed by atoms with E-state index in [9.17, 15) is 4.79 Å². The molecule has 0 amide bonds. The van der Waals surface area contributed by atoms with Crippen LogP contribution in [0.25, 0.3) is 0 Å². The summed E-state index contributed by atoms with van der Waals surface area (Å²) >= 11 is 0. The molecule has 0 spiro atoms. The van der Waals surface area contributed by atoms with Crippen molar-refractivity contribution in [1.82, 2.24) is 0 Å². The molecule has 0 saturated heterocycles. The molecule has 2 atom stereocenters. The lowest BCUT2D eigenvalue weighted by Gasteiger charge is -2.36. The highest BCUT2D eigenvalue weighted by Crippen LogP contribution is 2.57. The highest BCUT2D eigenvalue weighted by atomic mass is 16.5. The van der Waals surface area contributed by atoms with Gasteiger partial charge >= 0.3 is 5.97 Å². The van der Waals surface area contributed by atoms with Crippen LogP contribution >= 0.6 is 0 Å². The molecule has 1 aliphatic heterocycles. The zero-order valence-corrected chi connectivity index (χ0v) is 9.63. The van der Waals surface area contributed by atoms with Crippen LogP contribution in [0.15, 0.2) is 11.8 Å². The molecule has 1 saturated carbocycles. The summed E-state index contributed by atoms with van der Waals surface area (Å²) in [5.41, 5.74) is -0.842. The maximum Gasteiger partial charge on any atom is 0.319 e. The van der Waals surface area contributed by atoms with Crippen LogP contribution in [-0.4, -0.2) is 18.7 Å². The predicted octanol–water partition coefficient (Wildman–Crippen LogP) is 2.41. The van der Waals surface area contributed by atoms with Crippen LogP contribution in [0.4, 0.5) is 0 Å². The van der Waals surface area contributed by atoms with Crippen LogP contribution in [-0.2, 0) is 14.3 Å². The van der Waals surface area contributed by atoms with E-state index in [4.69, 9.17) is 9.47 Å². The first-order chi connectivity index (χ1) is 7.10. The lowest BCUT2D eigenvalue weighted by molar-refractivity contribution is -0.160. The molecule has 0 aromatic rings. The van der Waals surface area contributed by atoms with Gasteiger partial charge in [-0.1, -0.05) is 6.92 Å². The van der Waals surface area contributed by atoms with Gasteiger partial charge in [-0.15, -0.1) is 0 Å². The molecule has 3 nitrogen and oxygen atoms in total. The molecule has 2 rings (SSSR count). The Bertz CT molecular complexity index is 321. The average molecular weight is 210 g/mol. The number of hydrogen-bond acceptors (Lipinski definition) is 3. The first kappa shape index (κ1) is 10.5. The first-order valence-corrected chi connectivity index (χ1v) is 5.57. The van der Waals surface area contributed by atoms with Gasteiger partial charge in [0.2, 0.25) is 0 Å². The van der Waals surface area contributed by atoms with Crippen LogP contribution in [0.2, 0.25) is 0 Å². The van der Waals surface area contributed by atoms with Crippen molar-refractivity contribution >= 4 is 5.97 Å². The monoisotopic (exact) mass is 210 g/mol. The largest absolute Gasteiger partial charge is 0.491 e. The van der Waals surface area contributed by atoms with Gasteiger partial charge in [0.25, 0.3) is 0 Å². The van der Waals surface area contributed by atoms with Crippen molar-refractivity contribution in [2.24, 2.45) is 5.41 Å². The van der Waals surface area contributed by atoms with Crippen molar-refractivity contribution in [1.29, 1.82) is 0 Å². The minimum atomic E-state index is -0.513. The molecule has 1 fully saturated rings. The fourth-order valence-corrected chi connectivity index (χ4v) is 3.23. The summed E-state index contributed by atoms with van der Waals surface area (Å²) in [5, 5.41) is 0. The fourth-order valence-electron chi connectivity index (χ4n) is 3.23. The molecule has 2 aliphatic rings. The van der Waals surface area contributed by atoms with Gasteiger partial charge in [-0.3, -0.25) is 4.79 Å². The summed E-state index contributed by atoms with van der Waals surface area (Å²) in [6, 6.07) is 0. The molecule has 1 heterocycles. The van der Waals surface area contributed by atoms with E-state index >= 15 is 0 Å². The number of hydrogen-bond donors (Lipinski definition) is 0. The SMILES string of the molecule is CC[C@@]12CCC[C@]1(C(=O)OC)C=C(C)O2. The second-order valence-corrected chi connectivity index (χ2v) is 4.52. The number of methoxy groups -OCH3 is 1. The van der Waals surface area contributed by atoms with E-state index in [0.29, 0.717) is 0 Å². The van der Waals surface area contributed by atoms with Crippen LogP contribution in [0.3, 0.4) is 0 Å². The summed E-state index contributed by atoms with van der Waals surface area (Å²) in [6.45, 7) is 4.00. The molecular weight excluding hydrogens is 192 g/mol. The third-order valence-corrected chi connectivity index (χ3v) is 3.89. The summed E-state index contributed by atoms with van der Waals surface area (Å²) < 4.78 is 10.9. The van der Waals surface area contributed by atoms with Gasteiger partial charge in [0.15, 0.2) is 0 Å². The van der Waals surface area contributed by atoms with Crippen LogP contribution in [0.5, 0.6) is 0 Å². The second-order valence-electron chi connectivity index (χ2n) is 4.52. The first-order valence-electron chi connectivity index (χ1n) is 5.57. The topological polar surface area (TPSA) is 35.5 Å². The lowest BCUT2D eigenvalue weighted by atomic mass is 9.74. The Hall–Kier alpha value is -0.990. The van der Waals surface area contributed by atoms with Crippen LogP contribution in [0.1, 0.15) is 39.5 Å². The Kier molecular flexibility index (Phi) is 2.28. The van der Waals surface area contributed by atoms with E-state index in [1.165, 1.54) is 7.11 Å². The summed E-state index contributed by atoms with van der Waals surface area (Å²) in [7, 11) is 1.46. The lowest BCUT2D eigenvalue weighted by Crippen LogP contribution is -2.46. The van der Waals surface area contributed by atoms with Gasteiger partial charge < -0.3 is 9.47 Å². The number of rotatable bonds is 2. The third-order valence-electron chi connectivity index (χ3n) is 3.89. The van der Waals surface area contributed by atoms with E-state index in [2.05, 4.69) is 6.92 Å². The average Bonchev–Trinajstić information content (AvgIpc) is 2.69. The van der Waals surface area contributed by atoms with Gasteiger partial charge in [-0.2, -0.15) is 0 Å². The van der Waals surface area contributed by atoms with E-state index in [0.717, 1.165) is 31.4 Å². The van der Waals surface area contributed by atoms with Crippen molar-refractivity contribution in [2.75, 3.05) is 7.11 Å². The number of ether oxygens (including phenoxy) is 2. The Morgan fingerprint density at radius 3 is 2.93 bits per heavy atom. The number of carbonyl (C=O) groups excluding carboxylic acids is 1. The van der Waals surface area contributed by atoms with Crippen molar-refractivity contribution in [3.63, 3.8) is 0 Å². The molecule has 0 N–H and O–H groups in total. The zero-order chi connectivity index (χ0) is 11.1. The van der Waals surface area contributed by atoms with E-state index in [1.807, 2.05) is 13.0 Å². The quantitative estimate of drug-likeness (QED) is 0.656. The summed E-state index contributed by atoms with van der Waals surface area (Å²) in [6.07, 6.45) is 5.66. The van der Waals surface area contributed by atoms with E-state index in [1.54, 1.807) is 0 Å². The molecule has 0 unspecified atom stereocenters. The second kappa shape index (κ2) is 3.26. The number of carbonyl (C=O) groups is 1. The van der Waals surface area contributed by atoms with Gasteiger partial charge in [0, 0.05) is 0 Å². The number of esters is 1. The maximum absolute atomic E-state index is 12.0. The molecule has 0 aromatic heterocycles. The molecule has 84 valence electrons. The standard InChI is InChI=1S/C12H18O3/c1-4-12-7-5-6-11(12,10(13)14-3)8-9(2)15-12/h8H,4-7H2,1-3H3/t11-,12-/m1/s1. The van der Waals surface area contributed by atoms with Gasteiger partial charge in [-0.05, 0) is 38.7 Å². The Morgan fingerprint density at radius 2 is 2.33 bits per heavy atom. The van der Waals surface area contributed by atoms with Crippen molar-refractivity contribution in [2.45, 2.75) is 45.1 Å². The van der Waals surface area contributed by atoms with Crippen LogP contribution < -0.4 is 0 Å². The Morgan fingerprint density at radius 1 is 1.60 bits per heavy atom. The Balaban J connectivity index is 2.45. The number of allylic oxidation sites excluding steroid dienone is 1. The summed E-state index contributed by atoms with van der Waals surface area (Å²) in [5.74, 6) is 0.723. The van der Waals surface area contributed by atoms with Gasteiger partial charge in [0.05, 0.1) is 12.9 Å². The number of fused-ring (bicyclic) bond motifs is 1. The van der Waals surface area contributed by atoms with Gasteiger partial charge in [-0.25, -0.2) is 0 Å². The summed E-state index contributed by atoms with van der Waals surface area (Å²) in [4.78, 5) is 12.0. The maximum atomic E-state index is 12.0. The van der Waals surface area contributed by atoms with Crippen LogP contribution in [0, 0.1) is 5.41 Å². The molecule has 0 bridgehead atoms. The van der Waals surface area contributed by atoms with E-state index in [-0.39, 0.29) is 11.6 Å². The van der Waals surface area contributed by atoms with Gasteiger partial charge in [0.1, 0.15) is 11.0 Å². The molecule has 0 radical (unpaired) electrons. The van der Waals surface area contributed by atoms with Crippen molar-refractivity contribution < 1.29 is 14.3 Å². The molecule has 3 heteroatoms. The zero-order valence-electron chi connectivity index (χ0n) is 9.63. The Labute approximate surface area is 90.4 Å². The minimum absolute atomic E-state index is 0.140. The third kappa shape index (κ3) is 1.15. The van der Waals surface area contributed by atoms with Crippen molar-refractivity contribution in [3.8, 4) is 0 Å². The van der Waals surface area contributed by atoms with Crippen molar-refractivity contribution in [3.05, 3.63) is 11.8 Å². The molecular formula is C12H18O3. The fraction of sp³-hybridized carbons (Fsp3) is 0.750. The highest BCUT2D eigenvalue weighted by molar-refractivity contribution is 5.82. The smallest absolute Gasteiger partial charge is 0.319 e. The van der Waals surface area contributed by atoms with E-state index < -0.39 is 5.41 Å².